The number of fused-ring (bicyclic) bond motifs is 1. The van der Waals surface area contributed by atoms with Crippen molar-refractivity contribution in [3.8, 4) is 11.5 Å². The zero-order valence-electron chi connectivity index (χ0n) is 11.6. The summed E-state index contributed by atoms with van der Waals surface area (Å²) < 4.78 is 16.0. The van der Waals surface area contributed by atoms with E-state index in [2.05, 4.69) is 5.32 Å². The molecule has 0 spiro atoms. The van der Waals surface area contributed by atoms with Crippen LogP contribution in [-0.4, -0.2) is 31.5 Å². The summed E-state index contributed by atoms with van der Waals surface area (Å²) in [5.41, 5.74) is 6.20. The van der Waals surface area contributed by atoms with Crippen molar-refractivity contribution in [3.05, 3.63) is 23.8 Å². The molecule has 1 aromatic rings. The summed E-state index contributed by atoms with van der Waals surface area (Å²) in [6.07, 6.45) is 1.09. The molecule has 0 atom stereocenters. The Hall–Kier alpha value is -1.50. The third-order valence-electron chi connectivity index (χ3n) is 3.75. The van der Waals surface area contributed by atoms with Crippen molar-refractivity contribution in [2.24, 2.45) is 5.73 Å². The summed E-state index contributed by atoms with van der Waals surface area (Å²) in [6.45, 7) is 1.66. The number of nitrogens with two attached hydrogens (primary N) is 1. The van der Waals surface area contributed by atoms with Crippen LogP contribution in [0.15, 0.2) is 18.2 Å². The molecule has 0 bridgehead atoms. The molecule has 2 heterocycles. The van der Waals surface area contributed by atoms with Crippen LogP contribution in [0.25, 0.3) is 0 Å². The fourth-order valence-corrected chi connectivity index (χ4v) is 2.44. The van der Waals surface area contributed by atoms with Gasteiger partial charge in [-0.1, -0.05) is 12.1 Å². The van der Waals surface area contributed by atoms with Crippen LogP contribution < -0.4 is 20.5 Å². The van der Waals surface area contributed by atoms with E-state index in [1.165, 1.54) is 0 Å². The van der Waals surface area contributed by atoms with E-state index in [9.17, 15) is 4.79 Å². The van der Waals surface area contributed by atoms with Gasteiger partial charge in [-0.25, -0.2) is 0 Å². The third-order valence-corrected chi connectivity index (χ3v) is 3.75. The van der Waals surface area contributed by atoms with E-state index in [-0.39, 0.29) is 25.1 Å². The maximum atomic E-state index is 12.2. The topological polar surface area (TPSA) is 82.8 Å². The van der Waals surface area contributed by atoms with Gasteiger partial charge >= 0.3 is 0 Å². The highest BCUT2D eigenvalue weighted by molar-refractivity contribution is 5.86. The maximum Gasteiger partial charge on any atom is 0.240 e. The van der Waals surface area contributed by atoms with Gasteiger partial charge in [0.15, 0.2) is 11.5 Å². The number of carbonyl (C=O) groups excluding carboxylic acids is 1. The Labute approximate surface area is 129 Å². The predicted molar refractivity (Wildman–Crippen MR) is 78.6 cm³/mol. The van der Waals surface area contributed by atoms with Gasteiger partial charge in [0.25, 0.3) is 0 Å². The lowest BCUT2D eigenvalue weighted by molar-refractivity contribution is -0.129. The van der Waals surface area contributed by atoms with Crippen molar-refractivity contribution in [1.29, 1.82) is 0 Å². The summed E-state index contributed by atoms with van der Waals surface area (Å²) in [5.74, 6) is 1.27. The molecule has 7 heteroatoms. The van der Waals surface area contributed by atoms with Crippen LogP contribution in [0.2, 0.25) is 0 Å². The third kappa shape index (κ3) is 3.23. The summed E-state index contributed by atoms with van der Waals surface area (Å²) in [4.78, 5) is 12.2. The number of hydrogen-bond donors (Lipinski definition) is 2. The minimum Gasteiger partial charge on any atom is -0.454 e. The van der Waals surface area contributed by atoms with E-state index in [1.807, 2.05) is 18.2 Å². The quantitative estimate of drug-likeness (QED) is 0.868. The zero-order chi connectivity index (χ0) is 14.0. The van der Waals surface area contributed by atoms with Crippen molar-refractivity contribution in [1.82, 2.24) is 5.32 Å². The van der Waals surface area contributed by atoms with Gasteiger partial charge in [-0.3, -0.25) is 4.79 Å². The van der Waals surface area contributed by atoms with Gasteiger partial charge in [-0.05, 0) is 18.9 Å². The molecule has 2 aliphatic rings. The first-order valence-electron chi connectivity index (χ1n) is 6.71. The van der Waals surface area contributed by atoms with Crippen LogP contribution >= 0.6 is 12.4 Å². The Morgan fingerprint density at radius 3 is 2.81 bits per heavy atom. The fraction of sp³-hybridized carbons (Fsp3) is 0.500. The molecule has 116 valence electrons. The minimum atomic E-state index is -0.826. The normalized spacial score (nSPS) is 18.7. The average molecular weight is 315 g/mol. The number of nitrogens with one attached hydrogen (secondary N) is 1. The fourth-order valence-electron chi connectivity index (χ4n) is 2.44. The van der Waals surface area contributed by atoms with Crippen molar-refractivity contribution in [2.75, 3.05) is 20.0 Å². The molecule has 21 heavy (non-hydrogen) atoms. The Balaban J connectivity index is 0.00000161. The lowest BCUT2D eigenvalue weighted by Crippen LogP contribution is -2.56. The molecule has 1 aromatic carbocycles. The number of ether oxygens (including phenoxy) is 3. The van der Waals surface area contributed by atoms with Crippen LogP contribution in [0.3, 0.4) is 0 Å². The standard InChI is InChI=1S/C14H18N2O4.ClH/c15-14(4-6-18-7-5-14)13(17)16-8-10-2-1-3-11-12(10)20-9-19-11;/h1-3H,4-9,15H2,(H,16,17);1H. The van der Waals surface area contributed by atoms with Crippen molar-refractivity contribution < 1.29 is 19.0 Å². The van der Waals surface area contributed by atoms with Crippen LogP contribution in [0.1, 0.15) is 18.4 Å². The van der Waals surface area contributed by atoms with Crippen LogP contribution in [0.5, 0.6) is 11.5 Å². The number of para-hydroxylation sites is 1. The van der Waals surface area contributed by atoms with Gasteiger partial charge in [0.2, 0.25) is 12.7 Å². The minimum absolute atomic E-state index is 0. The molecule has 0 radical (unpaired) electrons. The Morgan fingerprint density at radius 1 is 1.29 bits per heavy atom. The Morgan fingerprint density at radius 2 is 2.05 bits per heavy atom. The first kappa shape index (κ1) is 15.9. The first-order valence-corrected chi connectivity index (χ1v) is 6.71. The molecular weight excluding hydrogens is 296 g/mol. The average Bonchev–Trinajstić information content (AvgIpc) is 2.94. The van der Waals surface area contributed by atoms with Crippen molar-refractivity contribution in [2.45, 2.75) is 24.9 Å². The lowest BCUT2D eigenvalue weighted by atomic mass is 9.90. The van der Waals surface area contributed by atoms with Crippen molar-refractivity contribution in [3.63, 3.8) is 0 Å². The van der Waals surface area contributed by atoms with Crippen LogP contribution in [0, 0.1) is 0 Å². The van der Waals surface area contributed by atoms with Gasteiger partial charge in [0.1, 0.15) is 0 Å². The summed E-state index contributed by atoms with van der Waals surface area (Å²) >= 11 is 0. The molecule has 3 rings (SSSR count). The molecule has 1 saturated heterocycles. The lowest BCUT2D eigenvalue weighted by Gasteiger charge is -2.31. The van der Waals surface area contributed by atoms with E-state index in [0.717, 1.165) is 5.56 Å². The molecule has 2 aliphatic heterocycles. The van der Waals surface area contributed by atoms with Gasteiger partial charge in [0, 0.05) is 25.3 Å². The summed E-state index contributed by atoms with van der Waals surface area (Å²) in [6, 6.07) is 5.62. The van der Waals surface area contributed by atoms with Crippen LogP contribution in [0.4, 0.5) is 0 Å². The SMILES string of the molecule is Cl.NC1(C(=O)NCc2cccc3c2OCO3)CCOCC1. The predicted octanol–water partition coefficient (Wildman–Crippen LogP) is 0.961. The molecule has 3 N–H and O–H groups in total. The second-order valence-electron chi connectivity index (χ2n) is 5.10. The van der Waals surface area contributed by atoms with Gasteiger partial charge in [0.05, 0.1) is 5.54 Å². The maximum absolute atomic E-state index is 12.2. The molecule has 1 amide bonds. The Bertz CT molecular complexity index is 518. The van der Waals surface area contributed by atoms with Gasteiger partial charge in [-0.2, -0.15) is 0 Å². The molecule has 6 nitrogen and oxygen atoms in total. The second kappa shape index (κ2) is 6.51. The van der Waals surface area contributed by atoms with E-state index < -0.39 is 5.54 Å². The van der Waals surface area contributed by atoms with E-state index in [4.69, 9.17) is 19.9 Å². The summed E-state index contributed by atoms with van der Waals surface area (Å²) in [7, 11) is 0. The molecular formula is C14H19ClN2O4. The van der Waals surface area contributed by atoms with Gasteiger partial charge in [-0.15, -0.1) is 12.4 Å². The molecule has 0 saturated carbocycles. The number of amides is 1. The number of halogens is 1. The molecule has 1 fully saturated rings. The van der Waals surface area contributed by atoms with Crippen molar-refractivity contribution >= 4 is 18.3 Å². The first-order chi connectivity index (χ1) is 9.69. The number of carbonyl (C=O) groups is 1. The number of benzene rings is 1. The van der Waals surface area contributed by atoms with Crippen LogP contribution in [-0.2, 0) is 16.1 Å². The smallest absolute Gasteiger partial charge is 0.240 e. The molecule has 0 aliphatic carbocycles. The number of hydrogen-bond acceptors (Lipinski definition) is 5. The highest BCUT2D eigenvalue weighted by atomic mass is 35.5. The summed E-state index contributed by atoms with van der Waals surface area (Å²) in [5, 5.41) is 2.88. The van der Waals surface area contributed by atoms with E-state index in [1.54, 1.807) is 0 Å². The highest BCUT2D eigenvalue weighted by Gasteiger charge is 2.35. The van der Waals surface area contributed by atoms with E-state index in [0.29, 0.717) is 44.1 Å². The monoisotopic (exact) mass is 314 g/mol. The van der Waals surface area contributed by atoms with Gasteiger partial charge < -0.3 is 25.3 Å². The second-order valence-corrected chi connectivity index (χ2v) is 5.10. The van der Waals surface area contributed by atoms with E-state index >= 15 is 0 Å². The largest absolute Gasteiger partial charge is 0.454 e. The highest BCUT2D eigenvalue weighted by Crippen LogP contribution is 2.35. The number of rotatable bonds is 3. The molecule has 0 unspecified atom stereocenters. The Kier molecular flexibility index (Phi) is 4.92. The zero-order valence-corrected chi connectivity index (χ0v) is 12.4. The molecule has 0 aromatic heterocycles.